The summed E-state index contributed by atoms with van der Waals surface area (Å²) in [6.07, 6.45) is 23.6. The topological polar surface area (TPSA) is 26.0 Å². The van der Waals surface area contributed by atoms with Crippen molar-refractivity contribution in [2.45, 2.75) is 140 Å². The Labute approximate surface area is 309 Å². The van der Waals surface area contributed by atoms with Gasteiger partial charge in [0.15, 0.2) is 0 Å². The number of hydrogen-bond acceptors (Lipinski definition) is 1. The third kappa shape index (κ3) is 8.84. The third-order valence-electron chi connectivity index (χ3n) is 11.3. The first-order valence-corrected chi connectivity index (χ1v) is 20.4. The van der Waals surface area contributed by atoms with E-state index in [-0.39, 0.29) is 28.3 Å². The molecule has 3 aliphatic carbocycles. The number of nitrogen functional groups attached to an aromatic ring is 1. The molecule has 3 aromatic carbocycles. The molecule has 1 nitrogen and oxygen atoms in total. The smallest absolute Gasteiger partial charge is 0.0393 e. The molecule has 0 amide bonds. The van der Waals surface area contributed by atoms with Gasteiger partial charge in [-0.05, 0) is 95.1 Å². The number of benzene rings is 3. The minimum Gasteiger partial charge on any atom is -0.398 e. The van der Waals surface area contributed by atoms with Crippen LogP contribution in [0.15, 0.2) is 91.0 Å². The van der Waals surface area contributed by atoms with Crippen molar-refractivity contribution in [3.05, 3.63) is 108 Å². The van der Waals surface area contributed by atoms with Crippen molar-refractivity contribution in [2.24, 2.45) is 5.92 Å². The quantitative estimate of drug-likeness (QED) is 0.138. The van der Waals surface area contributed by atoms with E-state index >= 15 is 0 Å². The Bertz CT molecular complexity index is 1460. The molecule has 0 radical (unpaired) electrons. The van der Waals surface area contributed by atoms with Crippen molar-refractivity contribution < 1.29 is 20.4 Å². The number of rotatable bonds is 8. The van der Waals surface area contributed by atoms with Crippen LogP contribution in [0.1, 0.15) is 141 Å². The molecular weight excluding hydrogens is 692 g/mol. The standard InChI is InChI=1S/C33H51P.C12H11N.Pd/c1-24(2)27-20-21-30(31(23-27)25(3)4)32-19-13-14-22-33(32,26(5)6)34(28-15-9-7-10-16-28)29-17-11-8-12-18-29;13-12-9-5-4-8-11(12)10-6-2-1-3-7-10;/h13-14,19-21,23-26,28-29H,7-12,15-18,22H2,1-6H3;1-9H,13H2;. The van der Waals surface area contributed by atoms with Gasteiger partial charge >= 0.3 is 0 Å². The molecule has 3 aliphatic rings. The van der Waals surface area contributed by atoms with E-state index in [1.165, 1.54) is 81.8 Å². The second-order valence-corrected chi connectivity index (χ2v) is 18.5. The molecule has 2 saturated carbocycles. The van der Waals surface area contributed by atoms with Crippen molar-refractivity contribution in [2.75, 3.05) is 5.73 Å². The van der Waals surface area contributed by atoms with E-state index in [4.69, 9.17) is 5.73 Å². The first-order valence-electron chi connectivity index (χ1n) is 18.9. The largest absolute Gasteiger partial charge is 0.398 e. The minimum atomic E-state index is -0.0731. The van der Waals surface area contributed by atoms with Crippen LogP contribution >= 0.6 is 7.92 Å². The van der Waals surface area contributed by atoms with Gasteiger partial charge in [0.2, 0.25) is 0 Å². The average Bonchev–Trinajstić information content (AvgIpc) is 3.10. The fraction of sp³-hybridized carbons (Fsp3) is 0.511. The number of allylic oxidation sites excluding steroid dienone is 4. The molecule has 48 heavy (non-hydrogen) atoms. The molecule has 0 heterocycles. The molecule has 0 saturated heterocycles. The Hall–Kier alpha value is -1.97. The van der Waals surface area contributed by atoms with Crippen LogP contribution in [0.5, 0.6) is 0 Å². The van der Waals surface area contributed by atoms with Crippen LogP contribution in [-0.2, 0) is 20.4 Å². The van der Waals surface area contributed by atoms with Crippen LogP contribution in [0.3, 0.4) is 0 Å². The van der Waals surface area contributed by atoms with Gasteiger partial charge in [0.25, 0.3) is 0 Å². The fourth-order valence-corrected chi connectivity index (χ4v) is 13.9. The summed E-state index contributed by atoms with van der Waals surface area (Å²) in [5, 5.41) is 0.330. The molecule has 0 bridgehead atoms. The van der Waals surface area contributed by atoms with E-state index in [0.717, 1.165) is 22.6 Å². The Kier molecular flexibility index (Phi) is 14.8. The summed E-state index contributed by atoms with van der Waals surface area (Å²) in [6, 6.07) is 25.6. The van der Waals surface area contributed by atoms with E-state index < -0.39 is 0 Å². The van der Waals surface area contributed by atoms with Gasteiger partial charge in [0, 0.05) is 36.8 Å². The van der Waals surface area contributed by atoms with Crippen molar-refractivity contribution >= 4 is 19.2 Å². The van der Waals surface area contributed by atoms with Gasteiger partial charge in [0.05, 0.1) is 0 Å². The summed E-state index contributed by atoms with van der Waals surface area (Å²) < 4.78 is 0. The number of para-hydroxylation sites is 1. The fourth-order valence-electron chi connectivity index (χ4n) is 8.79. The summed E-state index contributed by atoms with van der Waals surface area (Å²) >= 11 is 0. The number of hydrogen-bond donors (Lipinski definition) is 1. The Morgan fingerprint density at radius 1 is 0.667 bits per heavy atom. The number of anilines is 1. The van der Waals surface area contributed by atoms with E-state index in [1.54, 1.807) is 16.7 Å². The van der Waals surface area contributed by atoms with Gasteiger partial charge in [0.1, 0.15) is 0 Å². The van der Waals surface area contributed by atoms with E-state index in [9.17, 15) is 0 Å². The van der Waals surface area contributed by atoms with Gasteiger partial charge < -0.3 is 5.73 Å². The zero-order valence-electron chi connectivity index (χ0n) is 30.7. The van der Waals surface area contributed by atoms with Crippen molar-refractivity contribution in [3.8, 4) is 11.1 Å². The van der Waals surface area contributed by atoms with Gasteiger partial charge in [-0.25, -0.2) is 0 Å². The van der Waals surface area contributed by atoms with Crippen molar-refractivity contribution in [3.63, 3.8) is 0 Å². The SMILES string of the molecule is CC(C)c1ccc(C2=CC=CCC2(C(C)C)P(C2CCCCC2)C2CCCCC2)c(C(C)C)c1.Nc1ccccc1-c1ccccc1.[Pd]. The van der Waals surface area contributed by atoms with Crippen molar-refractivity contribution in [1.29, 1.82) is 0 Å². The summed E-state index contributed by atoms with van der Waals surface area (Å²) in [5.74, 6) is 1.83. The molecule has 262 valence electrons. The average molecular weight is 754 g/mol. The normalized spacial score (nSPS) is 20.4. The zero-order valence-corrected chi connectivity index (χ0v) is 33.1. The maximum atomic E-state index is 5.85. The van der Waals surface area contributed by atoms with Crippen LogP contribution in [-0.4, -0.2) is 16.5 Å². The first-order chi connectivity index (χ1) is 22.7. The monoisotopic (exact) mass is 753 g/mol. The van der Waals surface area contributed by atoms with Crippen LogP contribution in [0, 0.1) is 5.92 Å². The van der Waals surface area contributed by atoms with Crippen LogP contribution < -0.4 is 5.73 Å². The summed E-state index contributed by atoms with van der Waals surface area (Å²) in [4.78, 5) is 0. The van der Waals surface area contributed by atoms with Gasteiger partial charge in [-0.1, -0.05) is 173 Å². The molecule has 1 atom stereocenters. The van der Waals surface area contributed by atoms with E-state index in [1.807, 2.05) is 42.5 Å². The second-order valence-electron chi connectivity index (χ2n) is 15.4. The second kappa shape index (κ2) is 18.3. The zero-order chi connectivity index (χ0) is 33.4. The number of nitrogens with two attached hydrogens (primary N) is 1. The Balaban J connectivity index is 0.000000310. The Morgan fingerprint density at radius 3 is 1.79 bits per heavy atom. The minimum absolute atomic E-state index is 0. The maximum absolute atomic E-state index is 5.85. The van der Waals surface area contributed by atoms with E-state index in [0.29, 0.717) is 22.9 Å². The summed E-state index contributed by atoms with van der Waals surface area (Å²) in [5.41, 5.74) is 17.3. The molecule has 3 heteroatoms. The van der Waals surface area contributed by atoms with Gasteiger partial charge in [-0.3, -0.25) is 0 Å². The molecule has 0 spiro atoms. The maximum Gasteiger partial charge on any atom is 0.0393 e. The van der Waals surface area contributed by atoms with Gasteiger partial charge in [-0.15, -0.1) is 0 Å². The van der Waals surface area contributed by atoms with Crippen molar-refractivity contribution in [1.82, 2.24) is 0 Å². The van der Waals surface area contributed by atoms with E-state index in [2.05, 4.69) is 90.1 Å². The molecule has 6 rings (SSSR count). The Morgan fingerprint density at radius 2 is 1.25 bits per heavy atom. The van der Waals surface area contributed by atoms with Crippen LogP contribution in [0.4, 0.5) is 5.69 Å². The predicted octanol–water partition coefficient (Wildman–Crippen LogP) is 13.8. The predicted molar refractivity (Wildman–Crippen MR) is 211 cm³/mol. The molecular formula is C45H62NPPd. The van der Waals surface area contributed by atoms with Crippen LogP contribution in [0.25, 0.3) is 16.7 Å². The van der Waals surface area contributed by atoms with Gasteiger partial charge in [-0.2, -0.15) is 0 Å². The molecule has 1 unspecified atom stereocenters. The molecule has 3 aromatic rings. The molecule has 2 fully saturated rings. The summed E-state index contributed by atoms with van der Waals surface area (Å²) in [6.45, 7) is 14.6. The molecule has 0 aliphatic heterocycles. The first kappa shape index (κ1) is 38.8. The molecule has 2 N–H and O–H groups in total. The van der Waals surface area contributed by atoms with Crippen LogP contribution in [0.2, 0.25) is 0 Å². The summed E-state index contributed by atoms with van der Waals surface area (Å²) in [7, 11) is -0.0731. The molecule has 0 aromatic heterocycles. The third-order valence-corrected chi connectivity index (χ3v) is 15.8.